The number of hydrogen-bond donors (Lipinski definition) is 1. The van der Waals surface area contributed by atoms with Crippen LogP contribution < -0.4 is 5.32 Å². The molecule has 3 aromatic heterocycles. The first kappa shape index (κ1) is 27.7. The highest BCUT2D eigenvalue weighted by Gasteiger charge is 2.31. The Labute approximate surface area is 229 Å². The standard InChI is InChI=1S/C29H32F3N5O3/c1-4-5-6-7-12-36-24(13-18-10-11-21(34-25(18)36)16(2)33-27(38)17-8-9-17)26-35-22-14-19(28(39)40-3)20(30)15-23(22)37(26)29(31)32/h10-11,13-17,29H,4-9,12H2,1-3H3,(H,33,38)/t16-/m1/s1. The van der Waals surface area contributed by atoms with Crippen molar-refractivity contribution in [3.05, 3.63) is 47.4 Å². The Kier molecular flexibility index (Phi) is 7.82. The van der Waals surface area contributed by atoms with Gasteiger partial charge in [0, 0.05) is 23.9 Å². The van der Waals surface area contributed by atoms with Gasteiger partial charge in [-0.05, 0) is 50.5 Å². The van der Waals surface area contributed by atoms with Crippen molar-refractivity contribution in [3.63, 3.8) is 0 Å². The molecule has 1 atom stereocenters. The zero-order valence-corrected chi connectivity index (χ0v) is 22.7. The maximum absolute atomic E-state index is 14.7. The SMILES string of the molecule is CCCCCCn1c(-c2nc3cc(C(=O)OC)c(F)cc3n2C(F)F)cc2ccc([C@@H](C)NC(=O)C3CC3)nc21. The van der Waals surface area contributed by atoms with E-state index in [0.29, 0.717) is 28.1 Å². The van der Waals surface area contributed by atoms with Crippen molar-refractivity contribution < 1.29 is 27.5 Å². The number of carbonyl (C=O) groups excluding carboxylic acids is 2. The van der Waals surface area contributed by atoms with E-state index in [1.54, 1.807) is 6.07 Å². The predicted octanol–water partition coefficient (Wildman–Crippen LogP) is 6.54. The topological polar surface area (TPSA) is 91.0 Å². The molecule has 8 nitrogen and oxygen atoms in total. The molecule has 4 aromatic rings. The summed E-state index contributed by atoms with van der Waals surface area (Å²) < 4.78 is 50.9. The molecule has 5 rings (SSSR count). The molecule has 11 heteroatoms. The van der Waals surface area contributed by atoms with Crippen LogP contribution in [0.15, 0.2) is 30.3 Å². The van der Waals surface area contributed by atoms with Gasteiger partial charge in [-0.1, -0.05) is 26.2 Å². The van der Waals surface area contributed by atoms with Crippen molar-refractivity contribution in [1.29, 1.82) is 0 Å². The van der Waals surface area contributed by atoms with Crippen LogP contribution >= 0.6 is 0 Å². The van der Waals surface area contributed by atoms with Crippen LogP contribution in [0.5, 0.6) is 0 Å². The molecule has 1 aliphatic carbocycles. The second-order valence-corrected chi connectivity index (χ2v) is 10.3. The third-order valence-corrected chi connectivity index (χ3v) is 7.36. The second kappa shape index (κ2) is 11.3. The first-order valence-electron chi connectivity index (χ1n) is 13.6. The summed E-state index contributed by atoms with van der Waals surface area (Å²) in [5.74, 6) is -1.88. The van der Waals surface area contributed by atoms with E-state index >= 15 is 0 Å². The molecule has 0 spiro atoms. The van der Waals surface area contributed by atoms with Gasteiger partial charge in [0.2, 0.25) is 5.91 Å². The molecule has 1 fully saturated rings. The maximum Gasteiger partial charge on any atom is 0.340 e. The van der Waals surface area contributed by atoms with E-state index in [0.717, 1.165) is 63.2 Å². The van der Waals surface area contributed by atoms with Gasteiger partial charge in [0.25, 0.3) is 0 Å². The summed E-state index contributed by atoms with van der Waals surface area (Å²) >= 11 is 0. The minimum absolute atomic E-state index is 0.00856. The minimum Gasteiger partial charge on any atom is -0.465 e. The van der Waals surface area contributed by atoms with E-state index in [1.165, 1.54) is 0 Å². The largest absolute Gasteiger partial charge is 0.465 e. The number of rotatable bonds is 11. The number of hydrogen-bond acceptors (Lipinski definition) is 5. The number of amides is 1. The van der Waals surface area contributed by atoms with E-state index in [-0.39, 0.29) is 40.3 Å². The van der Waals surface area contributed by atoms with Crippen LogP contribution in [0.1, 0.15) is 81.0 Å². The van der Waals surface area contributed by atoms with Gasteiger partial charge >= 0.3 is 12.5 Å². The van der Waals surface area contributed by atoms with Crippen LogP contribution in [0.3, 0.4) is 0 Å². The average Bonchev–Trinajstić information content (AvgIpc) is 3.64. The molecule has 0 radical (unpaired) electrons. The van der Waals surface area contributed by atoms with Crippen molar-refractivity contribution in [2.45, 2.75) is 71.5 Å². The van der Waals surface area contributed by atoms with Crippen molar-refractivity contribution in [2.24, 2.45) is 5.92 Å². The molecule has 3 heterocycles. The monoisotopic (exact) mass is 555 g/mol. The lowest BCUT2D eigenvalue weighted by molar-refractivity contribution is -0.122. The van der Waals surface area contributed by atoms with Crippen molar-refractivity contribution >= 4 is 33.9 Å². The zero-order valence-electron chi connectivity index (χ0n) is 22.7. The number of aromatic nitrogens is 4. The highest BCUT2D eigenvalue weighted by atomic mass is 19.3. The summed E-state index contributed by atoms with van der Waals surface area (Å²) in [5, 5.41) is 3.73. The van der Waals surface area contributed by atoms with Crippen molar-refractivity contribution in [2.75, 3.05) is 7.11 Å². The Hall–Kier alpha value is -3.89. The van der Waals surface area contributed by atoms with E-state index in [4.69, 9.17) is 4.98 Å². The fourth-order valence-electron chi connectivity index (χ4n) is 5.00. The van der Waals surface area contributed by atoms with Crippen LogP contribution in [0, 0.1) is 11.7 Å². The number of nitrogens with zero attached hydrogens (tertiary/aromatic N) is 4. The first-order valence-corrected chi connectivity index (χ1v) is 13.6. The molecule has 0 aliphatic heterocycles. The molecule has 0 bridgehead atoms. The fraction of sp³-hybridized carbons (Fsp3) is 0.448. The third-order valence-electron chi connectivity index (χ3n) is 7.36. The zero-order chi connectivity index (χ0) is 28.6. The third kappa shape index (κ3) is 5.29. The fourth-order valence-corrected chi connectivity index (χ4v) is 5.00. The summed E-state index contributed by atoms with van der Waals surface area (Å²) in [6, 6.07) is 7.12. The molecule has 1 aromatic carbocycles. The van der Waals surface area contributed by atoms with Gasteiger partial charge in [-0.2, -0.15) is 8.78 Å². The lowest BCUT2D eigenvalue weighted by Crippen LogP contribution is -2.28. The molecular weight excluding hydrogens is 523 g/mol. The van der Waals surface area contributed by atoms with Gasteiger partial charge in [-0.3, -0.25) is 9.36 Å². The quantitative estimate of drug-likeness (QED) is 0.168. The van der Waals surface area contributed by atoms with Gasteiger partial charge in [0.15, 0.2) is 5.82 Å². The van der Waals surface area contributed by atoms with E-state index in [2.05, 4.69) is 22.0 Å². The minimum atomic E-state index is -3.02. The number of esters is 1. The lowest BCUT2D eigenvalue weighted by atomic mass is 10.2. The number of methoxy groups -OCH3 is 1. The van der Waals surface area contributed by atoms with Crippen molar-refractivity contribution in [3.8, 4) is 11.5 Å². The molecule has 212 valence electrons. The Morgan fingerprint density at radius 1 is 1.12 bits per heavy atom. The number of pyridine rings is 1. The van der Waals surface area contributed by atoms with Gasteiger partial charge in [-0.25, -0.2) is 19.2 Å². The molecular formula is C29H32F3N5O3. The Morgan fingerprint density at radius 3 is 2.58 bits per heavy atom. The Balaban J connectivity index is 1.64. The molecule has 0 unspecified atom stereocenters. The lowest BCUT2D eigenvalue weighted by Gasteiger charge is -2.15. The predicted molar refractivity (Wildman–Crippen MR) is 144 cm³/mol. The molecule has 1 aliphatic rings. The van der Waals surface area contributed by atoms with Gasteiger partial charge in [-0.15, -0.1) is 0 Å². The van der Waals surface area contributed by atoms with Crippen LogP contribution in [-0.4, -0.2) is 38.1 Å². The van der Waals surface area contributed by atoms with Crippen LogP contribution in [0.2, 0.25) is 0 Å². The number of alkyl halides is 2. The van der Waals surface area contributed by atoms with Gasteiger partial charge < -0.3 is 14.6 Å². The van der Waals surface area contributed by atoms with E-state index in [9.17, 15) is 22.8 Å². The molecule has 1 N–H and O–H groups in total. The number of nitrogens with one attached hydrogen (secondary N) is 1. The number of imidazole rings is 1. The van der Waals surface area contributed by atoms with Crippen LogP contribution in [0.25, 0.3) is 33.6 Å². The maximum atomic E-state index is 14.7. The van der Waals surface area contributed by atoms with Gasteiger partial charge in [0.05, 0.1) is 41.1 Å². The smallest absolute Gasteiger partial charge is 0.340 e. The Bertz CT molecular complexity index is 1570. The molecule has 0 saturated heterocycles. The highest BCUT2D eigenvalue weighted by molar-refractivity contribution is 5.95. The first-order chi connectivity index (χ1) is 19.2. The summed E-state index contributed by atoms with van der Waals surface area (Å²) in [7, 11) is 1.12. The van der Waals surface area contributed by atoms with E-state index < -0.39 is 18.3 Å². The van der Waals surface area contributed by atoms with Crippen LogP contribution in [-0.2, 0) is 16.1 Å². The number of halogens is 3. The number of unbranched alkanes of at least 4 members (excludes halogenated alkanes) is 3. The van der Waals surface area contributed by atoms with Crippen molar-refractivity contribution in [1.82, 2.24) is 24.4 Å². The van der Waals surface area contributed by atoms with Gasteiger partial charge in [0.1, 0.15) is 11.5 Å². The summed E-state index contributed by atoms with van der Waals surface area (Å²) in [4.78, 5) is 33.6. The molecule has 1 saturated carbocycles. The summed E-state index contributed by atoms with van der Waals surface area (Å²) in [6.07, 6.45) is 5.59. The molecule has 40 heavy (non-hydrogen) atoms. The summed E-state index contributed by atoms with van der Waals surface area (Å²) in [5.41, 5.74) is 1.18. The Morgan fingerprint density at radius 2 is 1.90 bits per heavy atom. The number of fused-ring (bicyclic) bond motifs is 2. The number of carbonyl (C=O) groups is 2. The average molecular weight is 556 g/mol. The summed E-state index contributed by atoms with van der Waals surface area (Å²) in [6.45, 7) is 1.46. The molecule has 1 amide bonds. The number of ether oxygens (including phenoxy) is 1. The number of benzene rings is 1. The van der Waals surface area contributed by atoms with E-state index in [1.807, 2.05) is 23.6 Å². The second-order valence-electron chi connectivity index (χ2n) is 10.3. The highest BCUT2D eigenvalue weighted by Crippen LogP contribution is 2.35. The van der Waals surface area contributed by atoms with Crippen LogP contribution in [0.4, 0.5) is 13.2 Å². The number of aryl methyl sites for hydroxylation is 1. The normalized spacial score (nSPS) is 14.3.